The maximum atomic E-state index is 13.2. The molecule has 0 bridgehead atoms. The number of nitrogens with zero attached hydrogens (tertiary/aromatic N) is 1. The fourth-order valence-electron chi connectivity index (χ4n) is 3.47. The first-order valence-electron chi connectivity index (χ1n) is 11.0. The first kappa shape index (κ1) is 28.0. The van der Waals surface area contributed by atoms with E-state index in [-0.39, 0.29) is 33.0 Å². The Morgan fingerprint density at radius 1 is 0.711 bits per heavy atom. The van der Waals surface area contributed by atoms with E-state index in [9.17, 15) is 22.8 Å². The molecular formula is C26H26N2O9S. The lowest BCUT2D eigenvalue weighted by Gasteiger charge is -2.20. The number of amides is 1. The van der Waals surface area contributed by atoms with Crippen LogP contribution in [-0.2, 0) is 19.5 Å². The van der Waals surface area contributed by atoms with Crippen LogP contribution in [0.15, 0.2) is 65.6 Å². The van der Waals surface area contributed by atoms with Crippen molar-refractivity contribution in [1.82, 2.24) is 0 Å². The van der Waals surface area contributed by atoms with Crippen LogP contribution in [0.3, 0.4) is 0 Å². The quantitative estimate of drug-likeness (QED) is 0.404. The Kier molecular flexibility index (Phi) is 8.58. The van der Waals surface area contributed by atoms with Crippen molar-refractivity contribution in [1.29, 1.82) is 0 Å². The van der Waals surface area contributed by atoms with Gasteiger partial charge < -0.3 is 24.3 Å². The molecule has 38 heavy (non-hydrogen) atoms. The SMILES string of the molecule is COC(=O)c1cc(NC(=O)c2ccc(N(C)S(=O)(=O)c3ccc(OC)c(OC)c3)cc2)cc(C(=O)OC)c1. The largest absolute Gasteiger partial charge is 0.493 e. The molecule has 0 aliphatic heterocycles. The zero-order valence-electron chi connectivity index (χ0n) is 21.3. The minimum atomic E-state index is -3.95. The average molecular weight is 543 g/mol. The Labute approximate surface area is 219 Å². The van der Waals surface area contributed by atoms with Gasteiger partial charge in [-0.15, -0.1) is 0 Å². The maximum absolute atomic E-state index is 13.2. The Balaban J connectivity index is 1.84. The zero-order valence-corrected chi connectivity index (χ0v) is 22.1. The van der Waals surface area contributed by atoms with Crippen molar-refractivity contribution in [3.8, 4) is 11.5 Å². The summed E-state index contributed by atoms with van der Waals surface area (Å²) in [4.78, 5) is 36.8. The second kappa shape index (κ2) is 11.6. The van der Waals surface area contributed by atoms with Crippen LogP contribution in [0, 0.1) is 0 Å². The van der Waals surface area contributed by atoms with E-state index >= 15 is 0 Å². The van der Waals surface area contributed by atoms with Crippen molar-refractivity contribution in [3.05, 3.63) is 77.4 Å². The number of hydrogen-bond donors (Lipinski definition) is 1. The van der Waals surface area contributed by atoms with Crippen LogP contribution >= 0.6 is 0 Å². The number of carbonyl (C=O) groups is 3. The van der Waals surface area contributed by atoms with Crippen molar-refractivity contribution in [2.45, 2.75) is 4.90 Å². The third-order valence-electron chi connectivity index (χ3n) is 5.54. The molecule has 3 aromatic rings. The normalized spacial score (nSPS) is 10.8. The van der Waals surface area contributed by atoms with Gasteiger partial charge in [-0.05, 0) is 54.6 Å². The van der Waals surface area contributed by atoms with Gasteiger partial charge in [0.05, 0.1) is 50.1 Å². The first-order chi connectivity index (χ1) is 18.0. The van der Waals surface area contributed by atoms with Crippen LogP contribution in [0.1, 0.15) is 31.1 Å². The summed E-state index contributed by atoms with van der Waals surface area (Å²) in [5.74, 6) is -1.30. The molecule has 3 rings (SSSR count). The van der Waals surface area contributed by atoms with Gasteiger partial charge >= 0.3 is 11.9 Å². The van der Waals surface area contributed by atoms with Crippen LogP contribution in [0.5, 0.6) is 11.5 Å². The molecule has 0 radical (unpaired) electrons. The molecule has 200 valence electrons. The van der Waals surface area contributed by atoms with Gasteiger partial charge in [-0.2, -0.15) is 0 Å². The van der Waals surface area contributed by atoms with Gasteiger partial charge in [-0.3, -0.25) is 9.10 Å². The number of nitrogens with one attached hydrogen (secondary N) is 1. The van der Waals surface area contributed by atoms with E-state index in [1.165, 1.54) is 96.2 Å². The number of methoxy groups -OCH3 is 4. The molecule has 0 fully saturated rings. The molecule has 1 amide bonds. The van der Waals surface area contributed by atoms with Crippen molar-refractivity contribution in [2.75, 3.05) is 45.1 Å². The highest BCUT2D eigenvalue weighted by molar-refractivity contribution is 7.92. The summed E-state index contributed by atoms with van der Waals surface area (Å²) in [7, 11) is 2.66. The summed E-state index contributed by atoms with van der Waals surface area (Å²) < 4.78 is 47.1. The molecule has 0 unspecified atom stereocenters. The third kappa shape index (κ3) is 5.86. The summed E-state index contributed by atoms with van der Waals surface area (Å²) in [6.07, 6.45) is 0. The van der Waals surface area contributed by atoms with Gasteiger partial charge in [-0.1, -0.05) is 0 Å². The lowest BCUT2D eigenvalue weighted by molar-refractivity contribution is 0.0598. The standard InChI is InChI=1S/C26H26N2O9S/c1-28(38(32,33)21-10-11-22(34-2)23(15-21)35-3)20-8-6-16(7-9-20)24(29)27-19-13-17(25(30)36-4)12-18(14-19)26(31)37-5/h6-15H,1-5H3,(H,27,29). The van der Waals surface area contributed by atoms with Gasteiger partial charge in [-0.25, -0.2) is 18.0 Å². The molecule has 0 aromatic heterocycles. The minimum Gasteiger partial charge on any atom is -0.493 e. The van der Waals surface area contributed by atoms with E-state index in [0.717, 1.165) is 4.31 Å². The van der Waals surface area contributed by atoms with Gasteiger partial charge in [0.25, 0.3) is 15.9 Å². The monoisotopic (exact) mass is 542 g/mol. The second-order valence-electron chi connectivity index (χ2n) is 7.77. The first-order valence-corrected chi connectivity index (χ1v) is 12.4. The number of benzene rings is 3. The predicted molar refractivity (Wildman–Crippen MR) is 139 cm³/mol. The Morgan fingerprint density at radius 2 is 1.26 bits per heavy atom. The predicted octanol–water partition coefficient (Wildman–Crippen LogP) is 3.35. The van der Waals surface area contributed by atoms with E-state index in [1.54, 1.807) is 0 Å². The summed E-state index contributed by atoms with van der Waals surface area (Å²) in [6, 6.07) is 14.1. The third-order valence-corrected chi connectivity index (χ3v) is 7.32. The highest BCUT2D eigenvalue weighted by atomic mass is 32.2. The lowest BCUT2D eigenvalue weighted by atomic mass is 10.1. The molecule has 1 N–H and O–H groups in total. The van der Waals surface area contributed by atoms with Gasteiger partial charge in [0, 0.05) is 24.4 Å². The molecule has 0 spiro atoms. The molecule has 0 atom stereocenters. The van der Waals surface area contributed by atoms with Crippen molar-refractivity contribution in [3.63, 3.8) is 0 Å². The van der Waals surface area contributed by atoms with Crippen LogP contribution in [-0.4, -0.2) is 61.8 Å². The highest BCUT2D eigenvalue weighted by Gasteiger charge is 2.23. The number of carbonyl (C=O) groups excluding carboxylic acids is 3. The molecule has 12 heteroatoms. The topological polar surface area (TPSA) is 138 Å². The van der Waals surface area contributed by atoms with Crippen LogP contribution in [0.25, 0.3) is 0 Å². The minimum absolute atomic E-state index is 0.00799. The van der Waals surface area contributed by atoms with E-state index < -0.39 is 27.9 Å². The van der Waals surface area contributed by atoms with Gasteiger partial charge in [0.15, 0.2) is 11.5 Å². The van der Waals surface area contributed by atoms with Gasteiger partial charge in [0.1, 0.15) is 0 Å². The molecule has 0 heterocycles. The molecule has 0 saturated heterocycles. The Hall–Kier alpha value is -4.58. The molecule has 11 nitrogen and oxygen atoms in total. The summed E-state index contributed by atoms with van der Waals surface area (Å²) in [5.41, 5.74) is 0.757. The Morgan fingerprint density at radius 3 is 1.76 bits per heavy atom. The average Bonchev–Trinajstić information content (AvgIpc) is 2.95. The molecule has 3 aromatic carbocycles. The summed E-state index contributed by atoms with van der Waals surface area (Å²) in [5, 5.41) is 2.61. The summed E-state index contributed by atoms with van der Waals surface area (Å²) >= 11 is 0. The molecule has 0 aliphatic rings. The smallest absolute Gasteiger partial charge is 0.337 e. The number of hydrogen-bond acceptors (Lipinski definition) is 9. The molecule has 0 aliphatic carbocycles. The van der Waals surface area contributed by atoms with Crippen LogP contribution in [0.4, 0.5) is 11.4 Å². The summed E-state index contributed by atoms with van der Waals surface area (Å²) in [6.45, 7) is 0. The van der Waals surface area contributed by atoms with Crippen molar-refractivity contribution >= 4 is 39.2 Å². The van der Waals surface area contributed by atoms with Crippen molar-refractivity contribution < 1.29 is 41.7 Å². The number of ether oxygens (including phenoxy) is 4. The highest BCUT2D eigenvalue weighted by Crippen LogP contribution is 2.31. The second-order valence-corrected chi connectivity index (χ2v) is 9.74. The molecule has 0 saturated carbocycles. The van der Waals surface area contributed by atoms with E-state index in [1.807, 2.05) is 0 Å². The molecular weight excluding hydrogens is 516 g/mol. The Bertz CT molecular complexity index is 1430. The number of esters is 2. The van der Waals surface area contributed by atoms with E-state index in [4.69, 9.17) is 18.9 Å². The maximum Gasteiger partial charge on any atom is 0.337 e. The number of rotatable bonds is 9. The van der Waals surface area contributed by atoms with E-state index in [2.05, 4.69) is 5.32 Å². The van der Waals surface area contributed by atoms with Crippen LogP contribution < -0.4 is 19.1 Å². The fraction of sp³-hybridized carbons (Fsp3) is 0.192. The lowest BCUT2D eigenvalue weighted by Crippen LogP contribution is -2.26. The van der Waals surface area contributed by atoms with Gasteiger partial charge in [0.2, 0.25) is 0 Å². The number of sulfonamides is 1. The van der Waals surface area contributed by atoms with E-state index in [0.29, 0.717) is 11.4 Å². The fourth-order valence-corrected chi connectivity index (χ4v) is 4.68. The number of anilines is 2. The van der Waals surface area contributed by atoms with Crippen molar-refractivity contribution in [2.24, 2.45) is 0 Å². The van der Waals surface area contributed by atoms with Crippen LogP contribution in [0.2, 0.25) is 0 Å². The zero-order chi connectivity index (χ0) is 28.0.